The van der Waals surface area contributed by atoms with E-state index in [0.717, 1.165) is 25.7 Å². The normalized spacial score (nSPS) is 23.9. The van der Waals surface area contributed by atoms with E-state index in [2.05, 4.69) is 53.7 Å². The quantitative estimate of drug-likeness (QED) is 0.248. The van der Waals surface area contributed by atoms with Crippen molar-refractivity contribution in [1.82, 2.24) is 0 Å². The summed E-state index contributed by atoms with van der Waals surface area (Å²) in [6.07, 6.45) is 7.81. The maximum Gasteiger partial charge on any atom is 0.315 e. The SMILES string of the molecule is CCc1ccc(OC(=O)C2C(C(=O)Oc3ccc(CC)c(CC)c3)C3C=CC2C3(C)C)cc1CC. The van der Waals surface area contributed by atoms with Crippen LogP contribution in [0, 0.1) is 29.1 Å². The first kappa shape index (κ1) is 25.2. The summed E-state index contributed by atoms with van der Waals surface area (Å²) >= 11 is 0. The van der Waals surface area contributed by atoms with Crippen LogP contribution in [0.15, 0.2) is 48.6 Å². The minimum Gasteiger partial charge on any atom is -0.426 e. The number of carbonyl (C=O) groups is 2. The van der Waals surface area contributed by atoms with Gasteiger partial charge in [0.15, 0.2) is 0 Å². The van der Waals surface area contributed by atoms with Gasteiger partial charge >= 0.3 is 11.9 Å². The van der Waals surface area contributed by atoms with Crippen molar-refractivity contribution in [2.75, 3.05) is 0 Å². The van der Waals surface area contributed by atoms with E-state index < -0.39 is 11.8 Å². The van der Waals surface area contributed by atoms with Gasteiger partial charge in [-0.05, 0) is 89.5 Å². The third kappa shape index (κ3) is 4.55. The molecule has 0 heterocycles. The zero-order valence-electron chi connectivity index (χ0n) is 21.9. The van der Waals surface area contributed by atoms with E-state index in [-0.39, 0.29) is 29.2 Å². The first-order valence-corrected chi connectivity index (χ1v) is 13.1. The van der Waals surface area contributed by atoms with Gasteiger partial charge in [-0.2, -0.15) is 0 Å². The lowest BCUT2D eigenvalue weighted by atomic mass is 9.79. The second-order valence-corrected chi connectivity index (χ2v) is 10.4. The number of benzene rings is 2. The van der Waals surface area contributed by atoms with Crippen molar-refractivity contribution in [3.05, 3.63) is 70.8 Å². The molecule has 1 fully saturated rings. The molecular formula is C31H38O4. The second kappa shape index (κ2) is 10.0. The topological polar surface area (TPSA) is 52.6 Å². The monoisotopic (exact) mass is 474 g/mol. The average Bonchev–Trinajstić information content (AvgIpc) is 3.28. The Morgan fingerprint density at radius 1 is 0.657 bits per heavy atom. The van der Waals surface area contributed by atoms with Gasteiger partial charge in [0.25, 0.3) is 0 Å². The summed E-state index contributed by atoms with van der Waals surface area (Å²) in [5.74, 6) is -0.865. The summed E-state index contributed by atoms with van der Waals surface area (Å²) in [7, 11) is 0. The van der Waals surface area contributed by atoms with Crippen LogP contribution in [0.4, 0.5) is 0 Å². The van der Waals surface area contributed by atoms with Gasteiger partial charge in [-0.25, -0.2) is 0 Å². The second-order valence-electron chi connectivity index (χ2n) is 10.4. The molecule has 186 valence electrons. The fourth-order valence-electron chi connectivity index (χ4n) is 6.20. The molecule has 1 saturated carbocycles. The van der Waals surface area contributed by atoms with Gasteiger partial charge in [0.05, 0.1) is 11.8 Å². The smallest absolute Gasteiger partial charge is 0.315 e. The predicted octanol–water partition coefficient (Wildman–Crippen LogP) is 6.52. The van der Waals surface area contributed by atoms with Crippen LogP contribution in [0.3, 0.4) is 0 Å². The highest BCUT2D eigenvalue weighted by Gasteiger charge is 2.62. The van der Waals surface area contributed by atoms with E-state index in [4.69, 9.17) is 9.47 Å². The van der Waals surface area contributed by atoms with Crippen molar-refractivity contribution in [2.24, 2.45) is 29.1 Å². The third-order valence-corrected chi connectivity index (χ3v) is 8.26. The standard InChI is InChI=1S/C31H38O4/c1-7-19-11-13-23(17-21(19)9-3)34-29(32)27-25-15-16-26(31(25,5)6)28(27)30(33)35-24-14-12-20(8-2)22(10-4)18-24/h11-18,25-28H,7-10H2,1-6H3. The van der Waals surface area contributed by atoms with Gasteiger partial charge in [-0.3, -0.25) is 9.59 Å². The summed E-state index contributed by atoms with van der Waals surface area (Å²) in [6.45, 7) is 12.7. The molecule has 4 unspecified atom stereocenters. The Hall–Kier alpha value is -2.88. The van der Waals surface area contributed by atoms with Crippen LogP contribution in [-0.4, -0.2) is 11.9 Å². The first-order chi connectivity index (χ1) is 16.7. The number of esters is 2. The predicted molar refractivity (Wildman–Crippen MR) is 139 cm³/mol. The number of hydrogen-bond donors (Lipinski definition) is 0. The van der Waals surface area contributed by atoms with Crippen molar-refractivity contribution in [2.45, 2.75) is 67.2 Å². The lowest BCUT2D eigenvalue weighted by Gasteiger charge is -2.25. The first-order valence-electron chi connectivity index (χ1n) is 13.1. The Morgan fingerprint density at radius 3 is 1.37 bits per heavy atom. The average molecular weight is 475 g/mol. The molecule has 4 nitrogen and oxygen atoms in total. The van der Waals surface area contributed by atoms with E-state index in [1.807, 2.05) is 36.4 Å². The molecule has 0 aromatic heterocycles. The molecule has 2 bridgehead atoms. The minimum absolute atomic E-state index is 0.0632. The van der Waals surface area contributed by atoms with Crippen LogP contribution in [0.5, 0.6) is 11.5 Å². The molecule has 2 aliphatic rings. The Kier molecular flexibility index (Phi) is 7.21. The molecule has 0 amide bonds. The van der Waals surface area contributed by atoms with Crippen molar-refractivity contribution >= 4 is 11.9 Å². The van der Waals surface area contributed by atoms with E-state index in [0.29, 0.717) is 11.5 Å². The van der Waals surface area contributed by atoms with Crippen LogP contribution in [0.2, 0.25) is 0 Å². The third-order valence-electron chi connectivity index (χ3n) is 8.26. The van der Waals surface area contributed by atoms with Gasteiger partial charge in [0, 0.05) is 0 Å². The number of carbonyl (C=O) groups excluding carboxylic acids is 2. The van der Waals surface area contributed by atoms with Crippen LogP contribution >= 0.6 is 0 Å². The number of aryl methyl sites for hydroxylation is 4. The molecule has 0 radical (unpaired) electrons. The largest absolute Gasteiger partial charge is 0.426 e. The fourth-order valence-corrected chi connectivity index (χ4v) is 6.20. The number of ether oxygens (including phenoxy) is 2. The van der Waals surface area contributed by atoms with Crippen molar-refractivity contribution in [3.63, 3.8) is 0 Å². The van der Waals surface area contributed by atoms with E-state index in [9.17, 15) is 9.59 Å². The molecule has 0 aliphatic heterocycles. The number of hydrogen-bond acceptors (Lipinski definition) is 4. The fraction of sp³-hybridized carbons (Fsp3) is 0.484. The highest BCUT2D eigenvalue weighted by atomic mass is 16.5. The molecule has 2 aliphatic carbocycles. The van der Waals surface area contributed by atoms with Gasteiger partial charge in [0.2, 0.25) is 0 Å². The van der Waals surface area contributed by atoms with Crippen LogP contribution < -0.4 is 9.47 Å². The minimum atomic E-state index is -0.566. The summed E-state index contributed by atoms with van der Waals surface area (Å²) in [6, 6.07) is 11.7. The summed E-state index contributed by atoms with van der Waals surface area (Å²) in [4.78, 5) is 27.1. The summed E-state index contributed by atoms with van der Waals surface area (Å²) in [5, 5.41) is 0. The molecular weight excluding hydrogens is 436 g/mol. The van der Waals surface area contributed by atoms with E-state index >= 15 is 0 Å². The highest BCUT2D eigenvalue weighted by Crippen LogP contribution is 2.60. The van der Waals surface area contributed by atoms with Crippen LogP contribution in [0.1, 0.15) is 63.8 Å². The lowest BCUT2D eigenvalue weighted by Crippen LogP contribution is -2.37. The molecule has 35 heavy (non-hydrogen) atoms. The Labute approximate surface area is 209 Å². The summed E-state index contributed by atoms with van der Waals surface area (Å²) in [5.41, 5.74) is 4.68. The Balaban J connectivity index is 1.59. The van der Waals surface area contributed by atoms with Crippen molar-refractivity contribution in [3.8, 4) is 11.5 Å². The van der Waals surface area contributed by atoms with E-state index in [1.165, 1.54) is 22.3 Å². The molecule has 0 N–H and O–H groups in total. The lowest BCUT2D eigenvalue weighted by molar-refractivity contribution is -0.151. The Bertz CT molecular complexity index is 1060. The molecule has 0 spiro atoms. The molecule has 2 aromatic carbocycles. The van der Waals surface area contributed by atoms with Gasteiger partial charge in [-0.1, -0.05) is 65.8 Å². The van der Waals surface area contributed by atoms with Gasteiger partial charge in [-0.15, -0.1) is 0 Å². The number of fused-ring (bicyclic) bond motifs is 2. The zero-order chi connectivity index (χ0) is 25.3. The van der Waals surface area contributed by atoms with Crippen LogP contribution in [0.25, 0.3) is 0 Å². The van der Waals surface area contributed by atoms with Gasteiger partial charge in [0.1, 0.15) is 11.5 Å². The van der Waals surface area contributed by atoms with Crippen LogP contribution in [-0.2, 0) is 35.3 Å². The Morgan fingerprint density at radius 2 is 1.03 bits per heavy atom. The van der Waals surface area contributed by atoms with Crippen molar-refractivity contribution < 1.29 is 19.1 Å². The number of rotatable bonds is 8. The highest BCUT2D eigenvalue weighted by molar-refractivity contribution is 5.87. The molecule has 2 aromatic rings. The molecule has 4 rings (SSSR count). The maximum atomic E-state index is 13.5. The summed E-state index contributed by atoms with van der Waals surface area (Å²) < 4.78 is 11.8. The zero-order valence-corrected chi connectivity index (χ0v) is 21.9. The molecule has 0 saturated heterocycles. The molecule has 4 atom stereocenters. The van der Waals surface area contributed by atoms with E-state index in [1.54, 1.807) is 0 Å². The van der Waals surface area contributed by atoms with Crippen molar-refractivity contribution in [1.29, 1.82) is 0 Å². The molecule has 4 heteroatoms. The maximum absolute atomic E-state index is 13.5. The number of allylic oxidation sites excluding steroid dienone is 2. The van der Waals surface area contributed by atoms with Gasteiger partial charge < -0.3 is 9.47 Å².